The Morgan fingerprint density at radius 2 is 1.84 bits per heavy atom. The van der Waals surface area contributed by atoms with Crippen molar-refractivity contribution >= 4 is 40.6 Å². The molecule has 0 saturated heterocycles. The molecule has 0 aliphatic carbocycles. The number of halogens is 2. The average Bonchev–Trinajstić information content (AvgIpc) is 2.83. The van der Waals surface area contributed by atoms with Crippen LogP contribution in [0.15, 0.2) is 40.8 Å². The highest BCUT2D eigenvalue weighted by Gasteiger charge is 2.12. The van der Waals surface area contributed by atoms with Gasteiger partial charge < -0.3 is 4.42 Å². The lowest BCUT2D eigenvalue weighted by atomic mass is 10.1. The van der Waals surface area contributed by atoms with Crippen LogP contribution in [0.5, 0.6) is 0 Å². The molecule has 0 fully saturated rings. The lowest BCUT2D eigenvalue weighted by Gasteiger charge is -1.95. The number of fused-ring (bicyclic) bond motifs is 1. The van der Waals surface area contributed by atoms with Crippen LogP contribution >= 0.6 is 23.2 Å². The Hall–Kier alpha value is -1.84. The largest absolute Gasteiger partial charge is 0.435 e. The van der Waals surface area contributed by atoms with E-state index in [0.29, 0.717) is 32.6 Å². The molecule has 1 aromatic heterocycles. The van der Waals surface area contributed by atoms with Gasteiger partial charge in [0.05, 0.1) is 5.02 Å². The summed E-state index contributed by atoms with van der Waals surface area (Å²) in [5.74, 6) is 0.441. The van der Waals surface area contributed by atoms with Gasteiger partial charge in [-0.05, 0) is 24.3 Å². The summed E-state index contributed by atoms with van der Waals surface area (Å²) in [5.41, 5.74) is 2.47. The number of hydrogen-bond donors (Lipinski definition) is 0. The topological polar surface area (TPSA) is 43.1 Å². The predicted octanol–water partition coefficient (Wildman–Crippen LogP) is 4.61. The van der Waals surface area contributed by atoms with E-state index in [-0.39, 0.29) is 0 Å². The van der Waals surface area contributed by atoms with Gasteiger partial charge in [0.15, 0.2) is 5.58 Å². The maximum Gasteiger partial charge on any atom is 0.227 e. The summed E-state index contributed by atoms with van der Waals surface area (Å²) in [6, 6.07) is 10.2. The molecule has 2 aromatic carbocycles. The Bertz CT molecular complexity index is 763. The highest BCUT2D eigenvalue weighted by molar-refractivity contribution is 6.38. The van der Waals surface area contributed by atoms with Gasteiger partial charge >= 0.3 is 0 Å². The van der Waals surface area contributed by atoms with Crippen molar-refractivity contribution in [1.82, 2.24) is 4.98 Å². The van der Waals surface area contributed by atoms with E-state index < -0.39 is 0 Å². The van der Waals surface area contributed by atoms with Gasteiger partial charge in [-0.2, -0.15) is 0 Å². The molecule has 19 heavy (non-hydrogen) atoms. The molecule has 0 unspecified atom stereocenters. The van der Waals surface area contributed by atoms with Gasteiger partial charge in [-0.25, -0.2) is 4.98 Å². The summed E-state index contributed by atoms with van der Waals surface area (Å²) >= 11 is 12.0. The smallest absolute Gasteiger partial charge is 0.227 e. The zero-order valence-electron chi connectivity index (χ0n) is 9.56. The van der Waals surface area contributed by atoms with Crippen molar-refractivity contribution in [2.45, 2.75) is 0 Å². The lowest BCUT2D eigenvalue weighted by molar-refractivity contribution is 0.112. The van der Waals surface area contributed by atoms with E-state index in [2.05, 4.69) is 4.98 Å². The minimum Gasteiger partial charge on any atom is -0.435 e. The van der Waals surface area contributed by atoms with Gasteiger partial charge in [0.25, 0.3) is 0 Å². The summed E-state index contributed by atoms with van der Waals surface area (Å²) in [6.07, 6.45) is 0.784. The second kappa shape index (κ2) is 4.68. The van der Waals surface area contributed by atoms with Crippen LogP contribution in [0.4, 0.5) is 0 Å². The highest BCUT2D eigenvalue weighted by atomic mass is 35.5. The maximum absolute atomic E-state index is 10.6. The van der Waals surface area contributed by atoms with Crippen molar-refractivity contribution in [3.63, 3.8) is 0 Å². The standard InChI is InChI=1S/C14H7Cl2NO2/c15-10-5-11(16)13-12(6-10)17-14(19-13)9-3-1-8(7-18)2-4-9/h1-7H. The Balaban J connectivity index is 2.14. The number of aromatic nitrogens is 1. The minimum atomic E-state index is 0.422. The van der Waals surface area contributed by atoms with E-state index in [1.54, 1.807) is 36.4 Å². The fourth-order valence-corrected chi connectivity index (χ4v) is 2.31. The zero-order chi connectivity index (χ0) is 13.4. The molecule has 0 spiro atoms. The van der Waals surface area contributed by atoms with Gasteiger partial charge in [-0.15, -0.1) is 0 Å². The van der Waals surface area contributed by atoms with Crippen molar-refractivity contribution in [2.24, 2.45) is 0 Å². The number of hydrogen-bond acceptors (Lipinski definition) is 3. The van der Waals surface area contributed by atoms with E-state index in [1.807, 2.05) is 0 Å². The maximum atomic E-state index is 10.6. The molecule has 0 atom stereocenters. The van der Waals surface area contributed by atoms with E-state index in [1.165, 1.54) is 0 Å². The van der Waals surface area contributed by atoms with Crippen LogP contribution in [-0.4, -0.2) is 11.3 Å². The van der Waals surface area contributed by atoms with Crippen molar-refractivity contribution in [3.05, 3.63) is 52.0 Å². The molecule has 0 aliphatic heterocycles. The number of benzene rings is 2. The second-order valence-corrected chi connectivity index (χ2v) is 4.84. The molecule has 1 heterocycles. The number of carbonyl (C=O) groups is 1. The Morgan fingerprint density at radius 3 is 2.53 bits per heavy atom. The van der Waals surface area contributed by atoms with Gasteiger partial charge in [0, 0.05) is 16.1 Å². The van der Waals surface area contributed by atoms with Crippen LogP contribution in [0, 0.1) is 0 Å². The highest BCUT2D eigenvalue weighted by Crippen LogP contribution is 2.31. The summed E-state index contributed by atoms with van der Waals surface area (Å²) < 4.78 is 5.62. The first kappa shape index (κ1) is 12.2. The van der Waals surface area contributed by atoms with Crippen LogP contribution in [0.25, 0.3) is 22.6 Å². The summed E-state index contributed by atoms with van der Waals surface area (Å²) in [4.78, 5) is 14.9. The van der Waals surface area contributed by atoms with Gasteiger partial charge in [0.2, 0.25) is 5.89 Å². The molecule has 0 bridgehead atoms. The third-order valence-electron chi connectivity index (χ3n) is 2.70. The van der Waals surface area contributed by atoms with E-state index in [9.17, 15) is 4.79 Å². The number of carbonyl (C=O) groups excluding carboxylic acids is 1. The first-order chi connectivity index (χ1) is 9.17. The molecule has 0 saturated carbocycles. The number of nitrogens with zero attached hydrogens (tertiary/aromatic N) is 1. The van der Waals surface area contributed by atoms with Crippen molar-refractivity contribution in [2.75, 3.05) is 0 Å². The molecule has 0 amide bonds. The summed E-state index contributed by atoms with van der Waals surface area (Å²) in [5, 5.41) is 0.930. The molecular formula is C14H7Cl2NO2. The van der Waals surface area contributed by atoms with Crippen LogP contribution < -0.4 is 0 Å². The fourth-order valence-electron chi connectivity index (χ4n) is 1.79. The quantitative estimate of drug-likeness (QED) is 0.647. The average molecular weight is 292 g/mol. The van der Waals surface area contributed by atoms with Crippen LogP contribution in [0.1, 0.15) is 10.4 Å². The second-order valence-electron chi connectivity index (χ2n) is 3.99. The Morgan fingerprint density at radius 1 is 1.11 bits per heavy atom. The van der Waals surface area contributed by atoms with E-state index in [0.717, 1.165) is 11.8 Å². The van der Waals surface area contributed by atoms with Crippen molar-refractivity contribution in [3.8, 4) is 11.5 Å². The van der Waals surface area contributed by atoms with Gasteiger partial charge in [0.1, 0.15) is 11.8 Å². The Kier molecular flexibility index (Phi) is 3.01. The molecule has 94 valence electrons. The molecule has 0 aliphatic rings. The molecule has 5 heteroatoms. The number of aldehydes is 1. The third-order valence-corrected chi connectivity index (χ3v) is 3.20. The molecular weight excluding hydrogens is 285 g/mol. The minimum absolute atomic E-state index is 0.422. The number of rotatable bonds is 2. The van der Waals surface area contributed by atoms with Crippen molar-refractivity contribution < 1.29 is 9.21 Å². The predicted molar refractivity (Wildman–Crippen MR) is 74.9 cm³/mol. The zero-order valence-corrected chi connectivity index (χ0v) is 11.1. The van der Waals surface area contributed by atoms with Crippen LogP contribution in [0.3, 0.4) is 0 Å². The van der Waals surface area contributed by atoms with Gasteiger partial charge in [-0.1, -0.05) is 35.3 Å². The van der Waals surface area contributed by atoms with E-state index in [4.69, 9.17) is 27.6 Å². The molecule has 0 radical (unpaired) electrons. The van der Waals surface area contributed by atoms with Crippen LogP contribution in [0.2, 0.25) is 10.0 Å². The monoisotopic (exact) mass is 291 g/mol. The number of oxazole rings is 1. The SMILES string of the molecule is O=Cc1ccc(-c2nc3cc(Cl)cc(Cl)c3o2)cc1. The molecule has 3 nitrogen and oxygen atoms in total. The van der Waals surface area contributed by atoms with Crippen LogP contribution in [-0.2, 0) is 0 Å². The molecule has 3 aromatic rings. The fraction of sp³-hybridized carbons (Fsp3) is 0. The first-order valence-electron chi connectivity index (χ1n) is 5.48. The third kappa shape index (κ3) is 2.23. The lowest BCUT2D eigenvalue weighted by Crippen LogP contribution is -1.80. The molecule has 0 N–H and O–H groups in total. The van der Waals surface area contributed by atoms with Gasteiger partial charge in [-0.3, -0.25) is 4.79 Å². The normalized spacial score (nSPS) is 10.8. The Labute approximate surface area is 118 Å². The molecule has 3 rings (SSSR count). The van der Waals surface area contributed by atoms with Crippen molar-refractivity contribution in [1.29, 1.82) is 0 Å². The summed E-state index contributed by atoms with van der Waals surface area (Å²) in [7, 11) is 0. The summed E-state index contributed by atoms with van der Waals surface area (Å²) in [6.45, 7) is 0. The first-order valence-corrected chi connectivity index (χ1v) is 6.24. The van der Waals surface area contributed by atoms with E-state index >= 15 is 0 Å².